The van der Waals surface area contributed by atoms with Gasteiger partial charge in [-0.3, -0.25) is 0 Å². The van der Waals surface area contributed by atoms with Crippen molar-refractivity contribution < 1.29 is 57.3 Å². The molecule has 0 rings (SSSR count). The van der Waals surface area contributed by atoms with Crippen molar-refractivity contribution in [1.29, 1.82) is 0 Å². The normalized spacial score (nSPS) is 6.73. The van der Waals surface area contributed by atoms with Crippen LogP contribution in [-0.4, -0.2) is 0 Å². The average molecular weight is 230 g/mol. The van der Waals surface area contributed by atoms with Crippen LogP contribution in [0.25, 0.3) is 0 Å². The molecule has 0 heterocycles. The molecule has 0 aliphatic rings. The molecule has 0 amide bonds. The van der Waals surface area contributed by atoms with E-state index in [2.05, 4.69) is 68.6 Å². The molecule has 0 aromatic rings. The molecule has 5 heteroatoms. The van der Waals surface area contributed by atoms with Gasteiger partial charge < -0.3 is 16.4 Å². The molecule has 0 fully saturated rings. The first-order chi connectivity index (χ1) is 3.46. The Hall–Kier alpha value is 1.31. The molecular weight excluding hydrogens is 216 g/mol. The summed E-state index contributed by atoms with van der Waals surface area (Å²) in [4.78, 5) is 0. The van der Waals surface area contributed by atoms with E-state index in [1.807, 2.05) is 0 Å². The van der Waals surface area contributed by atoms with E-state index < -0.39 is 0 Å². The second kappa shape index (κ2) is 22.5. The van der Waals surface area contributed by atoms with Crippen LogP contribution in [0.5, 0.6) is 0 Å². The second-order valence-electron chi connectivity index (χ2n) is 2.31. The van der Waals surface area contributed by atoms with Gasteiger partial charge in [0.05, 0.1) is 0 Å². The zero-order valence-corrected chi connectivity index (χ0v) is 10.5. The van der Waals surface area contributed by atoms with Gasteiger partial charge in [-0.05, 0) is 0 Å². The number of rotatable bonds is 0. The second-order valence-corrected chi connectivity index (χ2v) is 5.92. The molecule has 0 unspecified atom stereocenters. The van der Waals surface area contributed by atoms with Gasteiger partial charge in [-0.1, -0.05) is 0 Å². The van der Waals surface area contributed by atoms with Crippen molar-refractivity contribution in [3.63, 3.8) is 0 Å². The van der Waals surface area contributed by atoms with Gasteiger partial charge in [0.15, 0.2) is 0 Å². The zero-order chi connectivity index (χ0) is 7.15. The Labute approximate surface area is 93.1 Å². The van der Waals surface area contributed by atoms with Crippen molar-refractivity contribution in [2.75, 3.05) is 0 Å². The molecule has 0 aromatic carbocycles. The summed E-state index contributed by atoms with van der Waals surface area (Å²) >= 11 is 4.33. The summed E-state index contributed by atoms with van der Waals surface area (Å²) in [7, 11) is 0. The van der Waals surface area contributed by atoms with E-state index in [4.69, 9.17) is 0 Å². The summed E-state index contributed by atoms with van der Waals surface area (Å²) in [5.74, 6) is 0. The predicted molar refractivity (Wildman–Crippen MR) is 32.3 cm³/mol. The van der Waals surface area contributed by atoms with Crippen molar-refractivity contribution in [1.82, 2.24) is 0 Å². The molecule has 64 valence electrons. The minimum Gasteiger partial charge on any atom is -2.00 e. The van der Waals surface area contributed by atoms with Crippen LogP contribution in [0.15, 0.2) is 0 Å². The van der Waals surface area contributed by atoms with E-state index in [9.17, 15) is 0 Å². The summed E-state index contributed by atoms with van der Waals surface area (Å²) in [6, 6.07) is 0. The Morgan fingerprint density at radius 1 is 0.636 bits per heavy atom. The standard InChI is InChI=1S/2C3H7.3O.2Ti/c2*1-3-2;;;;;/h2*3H,1-2H3;;;;;/q;;3*-2;2*+3. The van der Waals surface area contributed by atoms with Gasteiger partial charge >= 0.3 is 77.0 Å². The summed E-state index contributed by atoms with van der Waals surface area (Å²) in [6.07, 6.45) is 0. The monoisotopic (exact) mass is 230 g/mol. The van der Waals surface area contributed by atoms with Crippen LogP contribution in [0.3, 0.4) is 0 Å². The summed E-state index contributed by atoms with van der Waals surface area (Å²) in [5, 5.41) is 0. The SMILES string of the molecule is C[CH](C)[Ti+3].C[CH](C)[Ti+3].[O-2].[O-2].[O-2]. The van der Waals surface area contributed by atoms with E-state index >= 15 is 0 Å². The predicted octanol–water partition coefficient (Wildman–Crippen LogP) is 2.37. The third kappa shape index (κ3) is 572. The zero-order valence-electron chi connectivity index (χ0n) is 7.38. The van der Waals surface area contributed by atoms with E-state index in [1.165, 1.54) is 0 Å². The van der Waals surface area contributed by atoms with Gasteiger partial charge in [-0.25, -0.2) is 0 Å². The quantitative estimate of drug-likeness (QED) is 0.572. The van der Waals surface area contributed by atoms with Gasteiger partial charge in [0.2, 0.25) is 0 Å². The smallest absolute Gasteiger partial charge is 2.00 e. The summed E-state index contributed by atoms with van der Waals surface area (Å²) in [5.41, 5.74) is 0. The van der Waals surface area contributed by atoms with Crippen molar-refractivity contribution in [2.45, 2.75) is 36.1 Å². The first-order valence-electron chi connectivity index (χ1n) is 2.89. The van der Waals surface area contributed by atoms with Crippen molar-refractivity contribution >= 4 is 0 Å². The Morgan fingerprint density at radius 2 is 0.636 bits per heavy atom. The average Bonchev–Trinajstić information content (AvgIpc) is 1.25. The fourth-order valence-electron chi connectivity index (χ4n) is 0. The van der Waals surface area contributed by atoms with Crippen LogP contribution in [0, 0.1) is 0 Å². The molecular formula is C6H14O3Ti2. The molecule has 0 radical (unpaired) electrons. The molecule has 0 atom stereocenters. The molecule has 0 spiro atoms. The molecule has 0 aliphatic carbocycles. The maximum atomic E-state index is 2.17. The maximum Gasteiger partial charge on any atom is -2.00 e. The molecule has 0 saturated carbocycles. The van der Waals surface area contributed by atoms with Crippen LogP contribution in [0.2, 0.25) is 8.45 Å². The van der Waals surface area contributed by atoms with Gasteiger partial charge in [0.25, 0.3) is 0 Å². The van der Waals surface area contributed by atoms with Gasteiger partial charge in [0.1, 0.15) is 0 Å². The third-order valence-electron chi connectivity index (χ3n) is 0. The molecule has 0 saturated heterocycles. The van der Waals surface area contributed by atoms with Gasteiger partial charge in [-0.15, -0.1) is 0 Å². The molecule has 0 aliphatic heterocycles. The number of hydrogen-bond acceptors (Lipinski definition) is 0. The summed E-state index contributed by atoms with van der Waals surface area (Å²) in [6.45, 7) is 8.67. The fraction of sp³-hybridized carbons (Fsp3) is 1.00. The molecule has 11 heavy (non-hydrogen) atoms. The maximum absolute atomic E-state index is 2.17. The molecule has 0 aromatic heterocycles. The van der Waals surface area contributed by atoms with Crippen LogP contribution in [0.1, 0.15) is 27.7 Å². The molecule has 0 bridgehead atoms. The Balaban J connectivity index is -0.0000000171. The summed E-state index contributed by atoms with van der Waals surface area (Å²) < 4.78 is 1.67. The Kier molecular flexibility index (Phi) is 60.3. The Morgan fingerprint density at radius 3 is 0.636 bits per heavy atom. The molecule has 0 N–H and O–H groups in total. The van der Waals surface area contributed by atoms with E-state index in [0.717, 1.165) is 8.45 Å². The fourth-order valence-corrected chi connectivity index (χ4v) is 0. The van der Waals surface area contributed by atoms with Crippen molar-refractivity contribution in [3.05, 3.63) is 0 Å². The topological polar surface area (TPSA) is 85.5 Å². The first kappa shape index (κ1) is 29.5. The van der Waals surface area contributed by atoms with Crippen LogP contribution < -0.4 is 0 Å². The largest absolute Gasteiger partial charge is 2.00 e. The number of hydrogen-bond donors (Lipinski definition) is 0. The van der Waals surface area contributed by atoms with Crippen molar-refractivity contribution in [2.24, 2.45) is 0 Å². The van der Waals surface area contributed by atoms with Gasteiger partial charge in [0, 0.05) is 0 Å². The first-order valence-corrected chi connectivity index (χ1v) is 4.69. The van der Waals surface area contributed by atoms with E-state index in [-0.39, 0.29) is 16.4 Å². The van der Waals surface area contributed by atoms with Crippen LogP contribution in [0.4, 0.5) is 0 Å². The van der Waals surface area contributed by atoms with Gasteiger partial charge in [-0.2, -0.15) is 0 Å². The van der Waals surface area contributed by atoms with E-state index in [0.29, 0.717) is 0 Å². The van der Waals surface area contributed by atoms with Crippen LogP contribution in [-0.2, 0) is 57.3 Å². The van der Waals surface area contributed by atoms with Crippen LogP contribution >= 0.6 is 0 Å². The van der Waals surface area contributed by atoms with Crippen molar-refractivity contribution in [3.8, 4) is 0 Å². The van der Waals surface area contributed by atoms with E-state index in [1.54, 1.807) is 0 Å². The minimum absolute atomic E-state index is 0. The third-order valence-corrected chi connectivity index (χ3v) is 0. The molecule has 3 nitrogen and oxygen atoms in total. The minimum atomic E-state index is 0. The Bertz CT molecular complexity index is 31.3.